The summed E-state index contributed by atoms with van der Waals surface area (Å²) in [6.45, 7) is 2.47. The molecule has 2 N–H and O–H groups in total. The van der Waals surface area contributed by atoms with Crippen LogP contribution in [0.15, 0.2) is 24.5 Å². The second kappa shape index (κ2) is 3.92. The smallest absolute Gasteiger partial charge is 0.152 e. The Bertz CT molecular complexity index is 551. The van der Waals surface area contributed by atoms with Gasteiger partial charge < -0.3 is 15.2 Å². The van der Waals surface area contributed by atoms with Crippen LogP contribution >= 0.6 is 11.6 Å². The molecule has 5 nitrogen and oxygen atoms in total. The van der Waals surface area contributed by atoms with Gasteiger partial charge in [-0.15, -0.1) is 10.2 Å². The van der Waals surface area contributed by atoms with Crippen molar-refractivity contribution in [2.75, 3.05) is 17.2 Å². The van der Waals surface area contributed by atoms with Crippen molar-refractivity contribution in [2.45, 2.75) is 13.1 Å². The molecular formula is C11H12ClN5. The van der Waals surface area contributed by atoms with E-state index in [1.54, 1.807) is 12.4 Å². The Labute approximate surface area is 104 Å². The Hall–Kier alpha value is -1.75. The van der Waals surface area contributed by atoms with Gasteiger partial charge in [0.2, 0.25) is 0 Å². The molecule has 0 saturated heterocycles. The minimum absolute atomic E-state index is 0.696. The summed E-state index contributed by atoms with van der Waals surface area (Å²) in [5.74, 6) is 0.954. The Morgan fingerprint density at radius 3 is 3.06 bits per heavy atom. The highest BCUT2D eigenvalue weighted by molar-refractivity contribution is 6.31. The molecule has 0 atom stereocenters. The lowest BCUT2D eigenvalue weighted by Gasteiger charge is -2.30. The minimum atomic E-state index is 0.696. The van der Waals surface area contributed by atoms with Crippen molar-refractivity contribution in [3.63, 3.8) is 0 Å². The molecule has 6 heteroatoms. The van der Waals surface area contributed by atoms with Crippen molar-refractivity contribution in [1.82, 2.24) is 14.8 Å². The second-order valence-corrected chi connectivity index (χ2v) is 4.50. The molecule has 3 rings (SSSR count). The molecule has 0 amide bonds. The van der Waals surface area contributed by atoms with Gasteiger partial charge in [0.1, 0.15) is 6.33 Å². The first-order chi connectivity index (χ1) is 8.24. The standard InChI is InChI=1S/C11H12ClN5/c12-8-1-2-9(13)10(5-8)16-3-4-17-7-14-15-11(17)6-16/h1-2,5,7H,3-4,6,13H2. The van der Waals surface area contributed by atoms with Crippen LogP contribution in [0.2, 0.25) is 5.02 Å². The highest BCUT2D eigenvalue weighted by Crippen LogP contribution is 2.29. The summed E-state index contributed by atoms with van der Waals surface area (Å²) >= 11 is 6.00. The highest BCUT2D eigenvalue weighted by Gasteiger charge is 2.19. The molecular weight excluding hydrogens is 238 g/mol. The zero-order valence-electron chi connectivity index (χ0n) is 9.17. The van der Waals surface area contributed by atoms with E-state index in [2.05, 4.69) is 19.7 Å². The largest absolute Gasteiger partial charge is 0.397 e. The van der Waals surface area contributed by atoms with Gasteiger partial charge in [0.05, 0.1) is 17.9 Å². The Kier molecular flexibility index (Phi) is 2.40. The van der Waals surface area contributed by atoms with E-state index in [9.17, 15) is 0 Å². The quantitative estimate of drug-likeness (QED) is 0.779. The van der Waals surface area contributed by atoms with Crippen molar-refractivity contribution in [1.29, 1.82) is 0 Å². The van der Waals surface area contributed by atoms with Crippen molar-refractivity contribution in [3.8, 4) is 0 Å². The molecule has 0 radical (unpaired) electrons. The molecule has 1 aliphatic rings. The number of hydrogen-bond acceptors (Lipinski definition) is 4. The maximum Gasteiger partial charge on any atom is 0.152 e. The van der Waals surface area contributed by atoms with E-state index in [1.807, 2.05) is 12.1 Å². The SMILES string of the molecule is Nc1ccc(Cl)cc1N1CCn2cnnc2C1. The summed E-state index contributed by atoms with van der Waals surface area (Å²) in [6, 6.07) is 5.52. The van der Waals surface area contributed by atoms with Crippen LogP contribution in [0.5, 0.6) is 0 Å². The van der Waals surface area contributed by atoms with Crippen molar-refractivity contribution < 1.29 is 0 Å². The van der Waals surface area contributed by atoms with E-state index in [4.69, 9.17) is 17.3 Å². The molecule has 2 aromatic rings. The summed E-state index contributed by atoms with van der Waals surface area (Å²) in [4.78, 5) is 2.17. The third kappa shape index (κ3) is 1.82. The molecule has 0 fully saturated rings. The lowest BCUT2D eigenvalue weighted by Crippen LogP contribution is -2.34. The second-order valence-electron chi connectivity index (χ2n) is 4.07. The average Bonchev–Trinajstić information content (AvgIpc) is 2.79. The predicted octanol–water partition coefficient (Wildman–Crippen LogP) is 1.53. The monoisotopic (exact) mass is 249 g/mol. The van der Waals surface area contributed by atoms with Gasteiger partial charge in [-0.05, 0) is 18.2 Å². The van der Waals surface area contributed by atoms with Gasteiger partial charge >= 0.3 is 0 Å². The fourth-order valence-electron chi connectivity index (χ4n) is 2.06. The maximum absolute atomic E-state index is 6.00. The fraction of sp³-hybridized carbons (Fsp3) is 0.273. The van der Waals surface area contributed by atoms with Crippen LogP contribution in [-0.4, -0.2) is 21.3 Å². The summed E-state index contributed by atoms with van der Waals surface area (Å²) < 4.78 is 2.05. The molecule has 0 bridgehead atoms. The van der Waals surface area contributed by atoms with Crippen LogP contribution in [0, 0.1) is 0 Å². The predicted molar refractivity (Wildman–Crippen MR) is 66.9 cm³/mol. The zero-order chi connectivity index (χ0) is 11.8. The summed E-state index contributed by atoms with van der Waals surface area (Å²) in [5, 5.41) is 8.68. The summed E-state index contributed by atoms with van der Waals surface area (Å²) in [6.07, 6.45) is 1.76. The van der Waals surface area contributed by atoms with E-state index >= 15 is 0 Å². The van der Waals surface area contributed by atoms with Gasteiger partial charge in [-0.3, -0.25) is 0 Å². The summed E-state index contributed by atoms with van der Waals surface area (Å²) in [5.41, 5.74) is 7.68. The first kappa shape index (κ1) is 10.4. The molecule has 0 saturated carbocycles. The van der Waals surface area contributed by atoms with Gasteiger partial charge in [-0.1, -0.05) is 11.6 Å². The molecule has 0 unspecified atom stereocenters. The fourth-order valence-corrected chi connectivity index (χ4v) is 2.23. The van der Waals surface area contributed by atoms with E-state index in [-0.39, 0.29) is 0 Å². The number of benzene rings is 1. The van der Waals surface area contributed by atoms with Crippen LogP contribution in [0.25, 0.3) is 0 Å². The lowest BCUT2D eigenvalue weighted by atomic mass is 10.2. The van der Waals surface area contributed by atoms with E-state index in [1.165, 1.54) is 0 Å². The lowest BCUT2D eigenvalue weighted by molar-refractivity contribution is 0.560. The summed E-state index contributed by atoms with van der Waals surface area (Å²) in [7, 11) is 0. The minimum Gasteiger partial charge on any atom is -0.397 e. The van der Waals surface area contributed by atoms with Gasteiger partial charge in [0.25, 0.3) is 0 Å². The highest BCUT2D eigenvalue weighted by atomic mass is 35.5. The van der Waals surface area contributed by atoms with E-state index < -0.39 is 0 Å². The van der Waals surface area contributed by atoms with Gasteiger partial charge in [0, 0.05) is 18.1 Å². The first-order valence-electron chi connectivity index (χ1n) is 5.41. The van der Waals surface area contributed by atoms with Crippen molar-refractivity contribution >= 4 is 23.0 Å². The molecule has 0 spiro atoms. The first-order valence-corrected chi connectivity index (χ1v) is 5.78. The number of nitrogens with two attached hydrogens (primary N) is 1. The number of nitrogens with zero attached hydrogens (tertiary/aromatic N) is 4. The number of fused-ring (bicyclic) bond motifs is 1. The third-order valence-corrected chi connectivity index (χ3v) is 3.21. The Morgan fingerprint density at radius 2 is 2.18 bits per heavy atom. The van der Waals surface area contributed by atoms with Crippen LogP contribution in [0.3, 0.4) is 0 Å². The Morgan fingerprint density at radius 1 is 1.29 bits per heavy atom. The number of halogens is 1. The zero-order valence-corrected chi connectivity index (χ0v) is 9.93. The normalized spacial score (nSPS) is 14.8. The molecule has 1 aliphatic heterocycles. The van der Waals surface area contributed by atoms with Crippen LogP contribution < -0.4 is 10.6 Å². The third-order valence-electron chi connectivity index (χ3n) is 2.97. The van der Waals surface area contributed by atoms with Gasteiger partial charge in [-0.25, -0.2) is 0 Å². The molecule has 1 aromatic carbocycles. The van der Waals surface area contributed by atoms with E-state index in [0.29, 0.717) is 11.6 Å². The number of anilines is 2. The number of aromatic nitrogens is 3. The number of hydrogen-bond donors (Lipinski definition) is 1. The maximum atomic E-state index is 6.00. The molecule has 88 valence electrons. The van der Waals surface area contributed by atoms with Crippen molar-refractivity contribution in [3.05, 3.63) is 35.4 Å². The molecule has 0 aliphatic carbocycles. The molecule has 1 aromatic heterocycles. The van der Waals surface area contributed by atoms with Gasteiger partial charge in [0.15, 0.2) is 5.82 Å². The Balaban J connectivity index is 1.94. The van der Waals surface area contributed by atoms with Crippen LogP contribution in [0.4, 0.5) is 11.4 Å². The number of rotatable bonds is 1. The topological polar surface area (TPSA) is 60.0 Å². The van der Waals surface area contributed by atoms with Crippen LogP contribution in [-0.2, 0) is 13.1 Å². The average molecular weight is 250 g/mol. The van der Waals surface area contributed by atoms with E-state index in [0.717, 1.165) is 30.3 Å². The molecule has 2 heterocycles. The van der Waals surface area contributed by atoms with Crippen molar-refractivity contribution in [2.24, 2.45) is 0 Å². The molecule has 17 heavy (non-hydrogen) atoms. The van der Waals surface area contributed by atoms with Gasteiger partial charge in [-0.2, -0.15) is 0 Å². The van der Waals surface area contributed by atoms with Crippen LogP contribution in [0.1, 0.15) is 5.82 Å². The number of nitrogen functional groups attached to an aromatic ring is 1.